The Morgan fingerprint density at radius 2 is 1.75 bits per heavy atom. The molecule has 1 aliphatic rings. The van der Waals surface area contributed by atoms with E-state index in [0.29, 0.717) is 29.4 Å². The van der Waals surface area contributed by atoms with E-state index in [1.807, 2.05) is 49.4 Å². The molecule has 1 saturated heterocycles. The molecular formula is C28H25N5O3. The van der Waals surface area contributed by atoms with Gasteiger partial charge in [0.05, 0.1) is 18.1 Å². The van der Waals surface area contributed by atoms with Crippen LogP contribution in [0.25, 0.3) is 11.1 Å². The van der Waals surface area contributed by atoms with E-state index in [0.717, 1.165) is 41.9 Å². The van der Waals surface area contributed by atoms with Crippen LogP contribution in [-0.4, -0.2) is 44.8 Å². The summed E-state index contributed by atoms with van der Waals surface area (Å²) < 4.78 is 6.04. The zero-order valence-electron chi connectivity index (χ0n) is 19.8. The summed E-state index contributed by atoms with van der Waals surface area (Å²) in [6.07, 6.45) is 5.78. The van der Waals surface area contributed by atoms with Crippen LogP contribution in [-0.2, 0) is 6.61 Å². The van der Waals surface area contributed by atoms with Gasteiger partial charge in [-0.1, -0.05) is 36.4 Å². The molecule has 0 radical (unpaired) electrons. The Kier molecular flexibility index (Phi) is 6.66. The fourth-order valence-electron chi connectivity index (χ4n) is 3.74. The van der Waals surface area contributed by atoms with E-state index >= 15 is 0 Å². The first-order chi connectivity index (χ1) is 17.5. The minimum atomic E-state index is -0.336. The average Bonchev–Trinajstić information content (AvgIpc) is 2.88. The number of benzene rings is 2. The van der Waals surface area contributed by atoms with Gasteiger partial charge in [0.1, 0.15) is 18.1 Å². The van der Waals surface area contributed by atoms with Gasteiger partial charge in [-0.05, 0) is 48.7 Å². The maximum absolute atomic E-state index is 13.1. The van der Waals surface area contributed by atoms with Gasteiger partial charge >= 0.3 is 0 Å². The van der Waals surface area contributed by atoms with Gasteiger partial charge in [0.25, 0.3) is 11.8 Å². The van der Waals surface area contributed by atoms with E-state index in [9.17, 15) is 9.59 Å². The standard InChI is InChI=1S/C28H25N5O3/c1-19-15-31-26(17-29-19)32-27(34)23-12-22(13-24(14-23)36-18-20-6-3-2-4-7-20)21-8-9-25(30-16-21)28(35)33-10-5-11-33/h2-4,6-9,12-17H,5,10-11,18H2,1H3,(H,31,32,34). The summed E-state index contributed by atoms with van der Waals surface area (Å²) in [5, 5.41) is 2.78. The van der Waals surface area contributed by atoms with Gasteiger partial charge in [0.2, 0.25) is 0 Å². The summed E-state index contributed by atoms with van der Waals surface area (Å²) in [5.41, 5.74) is 4.10. The smallest absolute Gasteiger partial charge is 0.272 e. The van der Waals surface area contributed by atoms with Crippen LogP contribution in [0, 0.1) is 6.92 Å². The molecule has 2 aromatic heterocycles. The van der Waals surface area contributed by atoms with Crippen molar-refractivity contribution < 1.29 is 14.3 Å². The van der Waals surface area contributed by atoms with Crippen LogP contribution in [0.2, 0.25) is 0 Å². The molecule has 0 spiro atoms. The maximum atomic E-state index is 13.1. The number of hydrogen-bond donors (Lipinski definition) is 1. The Morgan fingerprint density at radius 3 is 2.42 bits per heavy atom. The molecule has 2 amide bonds. The lowest BCUT2D eigenvalue weighted by molar-refractivity contribution is 0.0645. The highest BCUT2D eigenvalue weighted by Crippen LogP contribution is 2.27. The average molecular weight is 480 g/mol. The van der Waals surface area contributed by atoms with Crippen molar-refractivity contribution in [2.45, 2.75) is 20.0 Å². The topological polar surface area (TPSA) is 97.3 Å². The van der Waals surface area contributed by atoms with Crippen molar-refractivity contribution in [3.8, 4) is 16.9 Å². The number of nitrogens with one attached hydrogen (secondary N) is 1. The number of rotatable bonds is 7. The molecule has 1 aliphatic heterocycles. The van der Waals surface area contributed by atoms with Crippen molar-refractivity contribution >= 4 is 17.6 Å². The molecule has 1 N–H and O–H groups in total. The lowest BCUT2D eigenvalue weighted by Gasteiger charge is -2.30. The van der Waals surface area contributed by atoms with Crippen LogP contribution in [0.5, 0.6) is 5.75 Å². The first-order valence-corrected chi connectivity index (χ1v) is 11.7. The Labute approximate surface area is 209 Å². The van der Waals surface area contributed by atoms with E-state index in [2.05, 4.69) is 20.3 Å². The second-order valence-electron chi connectivity index (χ2n) is 8.60. The maximum Gasteiger partial charge on any atom is 0.272 e. The monoisotopic (exact) mass is 479 g/mol. The number of carbonyl (C=O) groups is 2. The van der Waals surface area contributed by atoms with E-state index < -0.39 is 0 Å². The fourth-order valence-corrected chi connectivity index (χ4v) is 3.74. The first kappa shape index (κ1) is 23.2. The molecular weight excluding hydrogens is 454 g/mol. The summed E-state index contributed by atoms with van der Waals surface area (Å²) in [4.78, 5) is 40.1. The van der Waals surface area contributed by atoms with Crippen molar-refractivity contribution in [2.75, 3.05) is 18.4 Å². The van der Waals surface area contributed by atoms with Crippen LogP contribution in [0.15, 0.2) is 79.3 Å². The molecule has 4 aromatic rings. The number of carbonyl (C=O) groups excluding carboxylic acids is 2. The summed E-state index contributed by atoms with van der Waals surface area (Å²) in [5.74, 6) is 0.500. The molecule has 8 nitrogen and oxygen atoms in total. The third-order valence-corrected chi connectivity index (χ3v) is 5.90. The second-order valence-corrected chi connectivity index (χ2v) is 8.60. The van der Waals surface area contributed by atoms with Gasteiger partial charge in [-0.3, -0.25) is 19.6 Å². The van der Waals surface area contributed by atoms with Gasteiger partial charge < -0.3 is 15.0 Å². The van der Waals surface area contributed by atoms with Crippen molar-refractivity contribution in [1.29, 1.82) is 0 Å². The quantitative estimate of drug-likeness (QED) is 0.418. The van der Waals surface area contributed by atoms with Gasteiger partial charge in [-0.2, -0.15) is 0 Å². The lowest BCUT2D eigenvalue weighted by Crippen LogP contribution is -2.42. The minimum Gasteiger partial charge on any atom is -0.489 e. The van der Waals surface area contributed by atoms with Crippen LogP contribution in [0.3, 0.4) is 0 Å². The number of aromatic nitrogens is 3. The molecule has 5 rings (SSSR count). The fraction of sp³-hybridized carbons (Fsp3) is 0.179. The molecule has 0 unspecified atom stereocenters. The Morgan fingerprint density at radius 1 is 0.917 bits per heavy atom. The zero-order valence-corrected chi connectivity index (χ0v) is 19.8. The molecule has 3 heterocycles. The molecule has 8 heteroatoms. The normalized spacial score (nSPS) is 12.5. The molecule has 0 bridgehead atoms. The highest BCUT2D eigenvalue weighted by Gasteiger charge is 2.22. The van der Waals surface area contributed by atoms with Gasteiger partial charge in [0.15, 0.2) is 5.82 Å². The molecule has 0 aliphatic carbocycles. The van der Waals surface area contributed by atoms with Crippen molar-refractivity contribution in [1.82, 2.24) is 19.9 Å². The predicted molar refractivity (Wildman–Crippen MR) is 136 cm³/mol. The van der Waals surface area contributed by atoms with Crippen molar-refractivity contribution in [3.05, 3.63) is 102 Å². The molecule has 36 heavy (non-hydrogen) atoms. The summed E-state index contributed by atoms with van der Waals surface area (Å²) >= 11 is 0. The third-order valence-electron chi connectivity index (χ3n) is 5.90. The lowest BCUT2D eigenvalue weighted by atomic mass is 10.0. The Balaban J connectivity index is 1.42. The van der Waals surface area contributed by atoms with E-state index in [-0.39, 0.29) is 11.8 Å². The van der Waals surface area contributed by atoms with Crippen LogP contribution >= 0.6 is 0 Å². The number of hydrogen-bond acceptors (Lipinski definition) is 6. The van der Waals surface area contributed by atoms with Crippen LogP contribution in [0.1, 0.15) is 38.5 Å². The zero-order chi connectivity index (χ0) is 24.9. The van der Waals surface area contributed by atoms with Crippen molar-refractivity contribution in [2.24, 2.45) is 0 Å². The molecule has 0 atom stereocenters. The van der Waals surface area contributed by atoms with E-state index in [1.165, 1.54) is 6.20 Å². The molecule has 0 saturated carbocycles. The van der Waals surface area contributed by atoms with Crippen molar-refractivity contribution in [3.63, 3.8) is 0 Å². The van der Waals surface area contributed by atoms with Gasteiger partial charge in [0, 0.05) is 30.4 Å². The SMILES string of the molecule is Cc1cnc(NC(=O)c2cc(OCc3ccccc3)cc(-c3ccc(C(=O)N4CCC4)nc3)c2)cn1. The van der Waals surface area contributed by atoms with Gasteiger partial charge in [-0.25, -0.2) is 4.98 Å². The number of anilines is 1. The summed E-state index contributed by atoms with van der Waals surface area (Å²) in [6, 6.07) is 18.7. The number of amides is 2. The van der Waals surface area contributed by atoms with E-state index in [4.69, 9.17) is 4.74 Å². The molecule has 2 aromatic carbocycles. The predicted octanol–water partition coefficient (Wildman–Crippen LogP) is 4.52. The number of ether oxygens (including phenoxy) is 1. The largest absolute Gasteiger partial charge is 0.489 e. The highest BCUT2D eigenvalue weighted by molar-refractivity contribution is 6.04. The second kappa shape index (κ2) is 10.4. The number of likely N-dealkylation sites (tertiary alicyclic amines) is 1. The Bertz CT molecular complexity index is 1370. The minimum absolute atomic E-state index is 0.0629. The highest BCUT2D eigenvalue weighted by atomic mass is 16.5. The molecule has 180 valence electrons. The number of pyridine rings is 1. The van der Waals surface area contributed by atoms with Gasteiger partial charge in [-0.15, -0.1) is 0 Å². The number of aryl methyl sites for hydroxylation is 1. The third kappa shape index (κ3) is 5.38. The van der Waals surface area contributed by atoms with E-state index in [1.54, 1.807) is 35.5 Å². The first-order valence-electron chi connectivity index (χ1n) is 11.7. The number of nitrogens with zero attached hydrogens (tertiary/aromatic N) is 4. The summed E-state index contributed by atoms with van der Waals surface area (Å²) in [6.45, 7) is 3.73. The molecule has 1 fully saturated rings. The van der Waals surface area contributed by atoms with Crippen LogP contribution in [0.4, 0.5) is 5.82 Å². The summed E-state index contributed by atoms with van der Waals surface area (Å²) in [7, 11) is 0. The Hall–Kier alpha value is -4.59. The van der Waals surface area contributed by atoms with Crippen LogP contribution < -0.4 is 10.1 Å².